The van der Waals surface area contributed by atoms with Gasteiger partial charge in [0, 0.05) is 31.9 Å². The van der Waals surface area contributed by atoms with Gasteiger partial charge in [-0.25, -0.2) is 14.2 Å². The van der Waals surface area contributed by atoms with E-state index in [4.69, 9.17) is 5.11 Å². The van der Waals surface area contributed by atoms with Crippen LogP contribution in [0.15, 0.2) is 12.3 Å². The van der Waals surface area contributed by atoms with Crippen LogP contribution in [0.25, 0.3) is 0 Å². The molecule has 0 amide bonds. The maximum atomic E-state index is 14.2. The lowest BCUT2D eigenvalue weighted by Gasteiger charge is -2.38. The van der Waals surface area contributed by atoms with Crippen LogP contribution in [0.5, 0.6) is 0 Å². The van der Waals surface area contributed by atoms with Crippen LogP contribution in [0.4, 0.5) is 10.2 Å². The molecule has 0 radical (unpaired) electrons. The monoisotopic (exact) mass is 265 g/mol. The summed E-state index contributed by atoms with van der Waals surface area (Å²) in [6.45, 7) is 3.43. The number of halogens is 1. The molecule has 3 heterocycles. The number of fused-ring (bicyclic) bond motifs is 1. The maximum Gasteiger partial charge on any atom is 0.338 e. The first-order chi connectivity index (χ1) is 9.16. The summed E-state index contributed by atoms with van der Waals surface area (Å²) in [5.41, 5.74) is -0.307. The SMILES string of the molecule is O=C(O)c1ccnc(N2CCN3CCCC3C2)c1F. The van der Waals surface area contributed by atoms with Crippen LogP contribution in [0.2, 0.25) is 0 Å². The second-order valence-electron chi connectivity index (χ2n) is 5.08. The fraction of sp³-hybridized carbons (Fsp3) is 0.538. The summed E-state index contributed by atoms with van der Waals surface area (Å²) in [6.07, 6.45) is 3.67. The first-order valence-corrected chi connectivity index (χ1v) is 6.53. The van der Waals surface area contributed by atoms with E-state index in [-0.39, 0.29) is 11.4 Å². The van der Waals surface area contributed by atoms with E-state index < -0.39 is 11.8 Å². The van der Waals surface area contributed by atoms with Crippen molar-refractivity contribution in [3.63, 3.8) is 0 Å². The smallest absolute Gasteiger partial charge is 0.338 e. The molecule has 0 spiro atoms. The molecule has 0 aliphatic carbocycles. The molecule has 0 saturated carbocycles. The summed E-state index contributed by atoms with van der Waals surface area (Å²) >= 11 is 0. The van der Waals surface area contributed by atoms with Crippen LogP contribution in [0.1, 0.15) is 23.2 Å². The maximum absolute atomic E-state index is 14.2. The number of hydrogen-bond acceptors (Lipinski definition) is 4. The van der Waals surface area contributed by atoms with Crippen LogP contribution in [-0.4, -0.2) is 53.2 Å². The zero-order valence-corrected chi connectivity index (χ0v) is 10.5. The van der Waals surface area contributed by atoms with Gasteiger partial charge in [-0.05, 0) is 25.5 Å². The number of anilines is 1. The van der Waals surface area contributed by atoms with Gasteiger partial charge in [-0.15, -0.1) is 0 Å². The second kappa shape index (κ2) is 4.77. The number of carboxylic acids is 1. The number of carboxylic acid groups (broad SMARTS) is 1. The van der Waals surface area contributed by atoms with Gasteiger partial charge >= 0.3 is 5.97 Å². The quantitative estimate of drug-likeness (QED) is 0.871. The van der Waals surface area contributed by atoms with E-state index >= 15 is 0 Å². The highest BCUT2D eigenvalue weighted by molar-refractivity contribution is 5.88. The van der Waals surface area contributed by atoms with Crippen LogP contribution >= 0.6 is 0 Å². The number of aromatic carboxylic acids is 1. The van der Waals surface area contributed by atoms with Crippen molar-refractivity contribution in [2.75, 3.05) is 31.1 Å². The molecule has 1 N–H and O–H groups in total. The molecule has 1 unspecified atom stereocenters. The van der Waals surface area contributed by atoms with Gasteiger partial charge < -0.3 is 10.0 Å². The molecule has 0 bridgehead atoms. The first kappa shape index (κ1) is 12.3. The number of rotatable bonds is 2. The first-order valence-electron chi connectivity index (χ1n) is 6.53. The van der Waals surface area contributed by atoms with E-state index in [0.717, 1.165) is 26.1 Å². The van der Waals surface area contributed by atoms with Gasteiger partial charge in [-0.2, -0.15) is 0 Å². The average Bonchev–Trinajstić information content (AvgIpc) is 2.85. The summed E-state index contributed by atoms with van der Waals surface area (Å²) in [5.74, 6) is -1.80. The fourth-order valence-electron chi connectivity index (χ4n) is 3.00. The minimum atomic E-state index is -1.25. The zero-order valence-electron chi connectivity index (χ0n) is 10.5. The van der Waals surface area contributed by atoms with E-state index in [1.54, 1.807) is 0 Å². The van der Waals surface area contributed by atoms with E-state index in [1.165, 1.54) is 18.7 Å². The van der Waals surface area contributed by atoms with E-state index in [1.807, 2.05) is 4.90 Å². The van der Waals surface area contributed by atoms with Gasteiger partial charge in [0.05, 0.1) is 0 Å². The van der Waals surface area contributed by atoms with Crippen molar-refractivity contribution in [1.29, 1.82) is 0 Å². The predicted molar refractivity (Wildman–Crippen MR) is 68.0 cm³/mol. The zero-order chi connectivity index (χ0) is 13.4. The number of nitrogens with zero attached hydrogens (tertiary/aromatic N) is 3. The molecule has 6 heteroatoms. The molecule has 3 rings (SSSR count). The molecule has 2 saturated heterocycles. The van der Waals surface area contributed by atoms with Crippen molar-refractivity contribution in [3.05, 3.63) is 23.6 Å². The van der Waals surface area contributed by atoms with Crippen molar-refractivity contribution in [1.82, 2.24) is 9.88 Å². The Kier molecular flexibility index (Phi) is 3.10. The summed E-state index contributed by atoms with van der Waals surface area (Å²) < 4.78 is 14.2. The summed E-state index contributed by atoms with van der Waals surface area (Å²) in [6, 6.07) is 1.65. The van der Waals surface area contributed by atoms with Gasteiger partial charge in [-0.1, -0.05) is 0 Å². The third kappa shape index (κ3) is 2.16. The lowest BCUT2D eigenvalue weighted by molar-refractivity contribution is 0.0691. The van der Waals surface area contributed by atoms with Gasteiger partial charge in [0.25, 0.3) is 0 Å². The Morgan fingerprint density at radius 2 is 2.26 bits per heavy atom. The number of pyridine rings is 1. The molecule has 1 aromatic heterocycles. The van der Waals surface area contributed by atoms with Gasteiger partial charge in [-0.3, -0.25) is 4.90 Å². The van der Waals surface area contributed by atoms with E-state index in [0.29, 0.717) is 12.6 Å². The normalized spacial score (nSPS) is 23.4. The number of carbonyl (C=O) groups is 1. The Labute approximate surface area is 110 Å². The van der Waals surface area contributed by atoms with Gasteiger partial charge in [0.1, 0.15) is 5.56 Å². The minimum Gasteiger partial charge on any atom is -0.478 e. The van der Waals surface area contributed by atoms with Crippen molar-refractivity contribution in [2.24, 2.45) is 0 Å². The van der Waals surface area contributed by atoms with E-state index in [2.05, 4.69) is 9.88 Å². The lowest BCUT2D eigenvalue weighted by atomic mass is 10.1. The molecule has 102 valence electrons. The molecule has 2 aliphatic heterocycles. The molecule has 0 aromatic carbocycles. The molecular formula is C13H16FN3O2. The number of hydrogen-bond donors (Lipinski definition) is 1. The van der Waals surface area contributed by atoms with Gasteiger partial charge in [0.2, 0.25) is 0 Å². The summed E-state index contributed by atoms with van der Waals surface area (Å²) in [7, 11) is 0. The van der Waals surface area contributed by atoms with Crippen LogP contribution in [0.3, 0.4) is 0 Å². The number of aromatic nitrogens is 1. The third-order valence-electron chi connectivity index (χ3n) is 3.99. The third-order valence-corrected chi connectivity index (χ3v) is 3.99. The Bertz CT molecular complexity index is 509. The highest BCUT2D eigenvalue weighted by Gasteiger charge is 2.32. The Balaban J connectivity index is 1.86. The highest BCUT2D eigenvalue weighted by Crippen LogP contribution is 2.26. The lowest BCUT2D eigenvalue weighted by Crippen LogP contribution is -2.50. The standard InChI is InChI=1S/C13H16FN3O2/c14-11-10(13(18)19)3-4-15-12(11)17-7-6-16-5-1-2-9(16)8-17/h3-4,9H,1-2,5-8H2,(H,18,19). The molecule has 1 aromatic rings. The predicted octanol–water partition coefficient (Wildman–Crippen LogP) is 1.20. The van der Waals surface area contributed by atoms with Gasteiger partial charge in [0.15, 0.2) is 11.6 Å². The largest absolute Gasteiger partial charge is 0.478 e. The fourth-order valence-corrected chi connectivity index (χ4v) is 3.00. The molecule has 2 fully saturated rings. The summed E-state index contributed by atoms with van der Waals surface area (Å²) in [5, 5.41) is 8.94. The average molecular weight is 265 g/mol. The topological polar surface area (TPSA) is 56.7 Å². The van der Waals surface area contributed by atoms with Crippen molar-refractivity contribution in [2.45, 2.75) is 18.9 Å². The minimum absolute atomic E-state index is 0.173. The highest BCUT2D eigenvalue weighted by atomic mass is 19.1. The van der Waals surface area contributed by atoms with Crippen LogP contribution in [0, 0.1) is 5.82 Å². The Morgan fingerprint density at radius 1 is 1.42 bits per heavy atom. The van der Waals surface area contributed by atoms with Crippen molar-refractivity contribution < 1.29 is 14.3 Å². The van der Waals surface area contributed by atoms with Crippen LogP contribution < -0.4 is 4.90 Å². The molecule has 5 nitrogen and oxygen atoms in total. The summed E-state index contributed by atoms with van der Waals surface area (Å²) in [4.78, 5) is 19.3. The van der Waals surface area contributed by atoms with Crippen LogP contribution in [-0.2, 0) is 0 Å². The second-order valence-corrected chi connectivity index (χ2v) is 5.08. The molecule has 19 heavy (non-hydrogen) atoms. The van der Waals surface area contributed by atoms with Crippen molar-refractivity contribution in [3.8, 4) is 0 Å². The number of piperazine rings is 1. The molecular weight excluding hydrogens is 249 g/mol. The molecule has 2 aliphatic rings. The van der Waals surface area contributed by atoms with E-state index in [9.17, 15) is 9.18 Å². The molecule has 1 atom stereocenters. The van der Waals surface area contributed by atoms with Crippen molar-refractivity contribution >= 4 is 11.8 Å². The Morgan fingerprint density at radius 3 is 3.05 bits per heavy atom. The Hall–Kier alpha value is -1.69.